The van der Waals surface area contributed by atoms with Crippen molar-refractivity contribution in [1.29, 1.82) is 0 Å². The number of carbonyl (C=O) groups excluding carboxylic acids is 1. The summed E-state index contributed by atoms with van der Waals surface area (Å²) in [5.74, 6) is -1.53. The van der Waals surface area contributed by atoms with E-state index in [1.807, 2.05) is 12.1 Å². The standard InChI is InChI=1S/C21H31NO4/c1-19(2,3)15-8-10-16(11-9-15)21(12-6-5-7-13-21)17(23)22-14-20(4,26)18(24)25/h8-11,26H,5-7,12-14H2,1-4H3,(H,22,23)(H,24,25). The molecule has 0 bridgehead atoms. The van der Waals surface area contributed by atoms with Gasteiger partial charge in [0.1, 0.15) is 0 Å². The molecular formula is C21H31NO4. The van der Waals surface area contributed by atoms with Crippen molar-refractivity contribution in [2.24, 2.45) is 0 Å². The molecule has 1 aliphatic carbocycles. The van der Waals surface area contributed by atoms with Gasteiger partial charge in [-0.15, -0.1) is 0 Å². The van der Waals surface area contributed by atoms with E-state index in [2.05, 4.69) is 38.2 Å². The molecule has 144 valence electrons. The van der Waals surface area contributed by atoms with E-state index in [0.717, 1.165) is 37.7 Å². The fourth-order valence-electron chi connectivity index (χ4n) is 3.59. The van der Waals surface area contributed by atoms with Crippen molar-refractivity contribution in [1.82, 2.24) is 5.32 Å². The van der Waals surface area contributed by atoms with Crippen LogP contribution < -0.4 is 5.32 Å². The van der Waals surface area contributed by atoms with Crippen molar-refractivity contribution in [3.8, 4) is 0 Å². The largest absolute Gasteiger partial charge is 0.479 e. The minimum absolute atomic E-state index is 0.0424. The first-order valence-electron chi connectivity index (χ1n) is 9.34. The SMILES string of the molecule is CC(O)(CNC(=O)C1(c2ccc(C(C)(C)C)cc2)CCCCC1)C(=O)O. The number of aliphatic carboxylic acids is 1. The van der Waals surface area contributed by atoms with Crippen LogP contribution in [0.5, 0.6) is 0 Å². The summed E-state index contributed by atoms with van der Waals surface area (Å²) in [4.78, 5) is 24.1. The fourth-order valence-corrected chi connectivity index (χ4v) is 3.59. The highest BCUT2D eigenvalue weighted by Gasteiger charge is 2.42. The second-order valence-corrected chi connectivity index (χ2v) is 8.73. The zero-order chi connectivity index (χ0) is 19.6. The maximum absolute atomic E-state index is 13.1. The summed E-state index contributed by atoms with van der Waals surface area (Å²) in [6.45, 7) is 7.35. The van der Waals surface area contributed by atoms with Crippen molar-refractivity contribution in [3.05, 3.63) is 35.4 Å². The molecule has 1 amide bonds. The Bertz CT molecular complexity index is 650. The molecule has 0 spiro atoms. The molecule has 1 aromatic rings. The highest BCUT2D eigenvalue weighted by molar-refractivity contribution is 5.89. The molecule has 0 radical (unpaired) electrons. The van der Waals surface area contributed by atoms with Gasteiger partial charge in [0, 0.05) is 0 Å². The van der Waals surface area contributed by atoms with Gasteiger partial charge in [-0.2, -0.15) is 0 Å². The molecule has 1 saturated carbocycles. The molecule has 2 rings (SSSR count). The molecule has 3 N–H and O–H groups in total. The Labute approximate surface area is 155 Å². The molecule has 5 heteroatoms. The van der Waals surface area contributed by atoms with Gasteiger partial charge >= 0.3 is 5.97 Å². The zero-order valence-corrected chi connectivity index (χ0v) is 16.3. The molecule has 0 heterocycles. The first kappa shape index (κ1) is 20.4. The number of aliphatic hydroxyl groups is 1. The number of amides is 1. The summed E-state index contributed by atoms with van der Waals surface area (Å²) in [5.41, 5.74) is -0.398. The van der Waals surface area contributed by atoms with Crippen LogP contribution in [0.3, 0.4) is 0 Å². The van der Waals surface area contributed by atoms with Gasteiger partial charge in [-0.05, 0) is 36.3 Å². The van der Waals surface area contributed by atoms with Gasteiger partial charge in [0.15, 0.2) is 5.60 Å². The van der Waals surface area contributed by atoms with Gasteiger partial charge in [-0.25, -0.2) is 4.79 Å². The monoisotopic (exact) mass is 361 g/mol. The predicted octanol–water partition coefficient (Wildman–Crippen LogP) is 3.14. The lowest BCUT2D eigenvalue weighted by molar-refractivity contribution is -0.156. The normalized spacial score (nSPS) is 19.4. The Morgan fingerprint density at radius 3 is 2.04 bits per heavy atom. The van der Waals surface area contributed by atoms with E-state index in [1.165, 1.54) is 12.5 Å². The molecule has 0 saturated heterocycles. The minimum atomic E-state index is -1.97. The topological polar surface area (TPSA) is 86.6 Å². The van der Waals surface area contributed by atoms with Crippen LogP contribution in [-0.2, 0) is 20.4 Å². The number of rotatable bonds is 5. The molecule has 5 nitrogen and oxygen atoms in total. The third kappa shape index (κ3) is 4.26. The average molecular weight is 361 g/mol. The van der Waals surface area contributed by atoms with E-state index < -0.39 is 17.0 Å². The van der Waals surface area contributed by atoms with Crippen molar-refractivity contribution >= 4 is 11.9 Å². The minimum Gasteiger partial charge on any atom is -0.479 e. The second kappa shape index (κ2) is 7.39. The molecule has 1 unspecified atom stereocenters. The number of nitrogens with one attached hydrogen (secondary N) is 1. The summed E-state index contributed by atoms with van der Waals surface area (Å²) < 4.78 is 0. The van der Waals surface area contributed by atoms with Gasteiger partial charge in [-0.1, -0.05) is 64.3 Å². The van der Waals surface area contributed by atoms with E-state index in [-0.39, 0.29) is 17.9 Å². The smallest absolute Gasteiger partial charge is 0.337 e. The number of carboxylic acid groups (broad SMARTS) is 1. The summed E-state index contributed by atoms with van der Waals surface area (Å²) in [5, 5.41) is 21.6. The Morgan fingerprint density at radius 1 is 1.04 bits per heavy atom. The van der Waals surface area contributed by atoms with Crippen molar-refractivity contribution in [2.75, 3.05) is 6.54 Å². The Hall–Kier alpha value is -1.88. The van der Waals surface area contributed by atoms with E-state index in [1.54, 1.807) is 0 Å². The molecule has 0 aromatic heterocycles. The Balaban J connectivity index is 2.27. The van der Waals surface area contributed by atoms with E-state index >= 15 is 0 Å². The lowest BCUT2D eigenvalue weighted by Gasteiger charge is -2.37. The van der Waals surface area contributed by atoms with Crippen molar-refractivity contribution in [3.63, 3.8) is 0 Å². The predicted molar refractivity (Wildman–Crippen MR) is 101 cm³/mol. The van der Waals surface area contributed by atoms with Gasteiger partial charge < -0.3 is 15.5 Å². The Kier molecular flexibility index (Phi) is 5.81. The van der Waals surface area contributed by atoms with E-state index in [9.17, 15) is 14.7 Å². The quantitative estimate of drug-likeness (QED) is 0.752. The molecule has 0 aliphatic heterocycles. The summed E-state index contributed by atoms with van der Waals surface area (Å²) in [6.07, 6.45) is 4.50. The van der Waals surface area contributed by atoms with Crippen LogP contribution in [0.15, 0.2) is 24.3 Å². The van der Waals surface area contributed by atoms with E-state index in [4.69, 9.17) is 5.11 Å². The van der Waals surface area contributed by atoms with Crippen LogP contribution in [-0.4, -0.2) is 34.2 Å². The fraction of sp³-hybridized carbons (Fsp3) is 0.619. The number of hydrogen-bond donors (Lipinski definition) is 3. The van der Waals surface area contributed by atoms with Crippen LogP contribution in [0.1, 0.15) is 70.9 Å². The summed E-state index contributed by atoms with van der Waals surface area (Å²) in [6, 6.07) is 8.21. The van der Waals surface area contributed by atoms with Gasteiger partial charge in [-0.3, -0.25) is 4.79 Å². The first-order chi connectivity index (χ1) is 12.0. The molecule has 26 heavy (non-hydrogen) atoms. The molecule has 1 aliphatic rings. The lowest BCUT2D eigenvalue weighted by Crippen LogP contribution is -2.52. The summed E-state index contributed by atoms with van der Waals surface area (Å²) in [7, 11) is 0. The number of carboxylic acids is 1. The van der Waals surface area contributed by atoms with Gasteiger partial charge in [0.25, 0.3) is 0 Å². The Morgan fingerprint density at radius 2 is 1.58 bits per heavy atom. The van der Waals surface area contributed by atoms with Crippen LogP contribution >= 0.6 is 0 Å². The van der Waals surface area contributed by atoms with Gasteiger partial charge in [0.2, 0.25) is 5.91 Å². The molecule has 1 atom stereocenters. The zero-order valence-electron chi connectivity index (χ0n) is 16.3. The number of carbonyl (C=O) groups is 2. The van der Waals surface area contributed by atoms with Crippen LogP contribution in [0.25, 0.3) is 0 Å². The van der Waals surface area contributed by atoms with Gasteiger partial charge in [0.05, 0.1) is 12.0 Å². The first-order valence-corrected chi connectivity index (χ1v) is 9.34. The number of hydrogen-bond acceptors (Lipinski definition) is 3. The third-order valence-electron chi connectivity index (χ3n) is 5.50. The molecule has 1 aromatic carbocycles. The lowest BCUT2D eigenvalue weighted by atomic mass is 9.68. The maximum atomic E-state index is 13.1. The molecular weight excluding hydrogens is 330 g/mol. The average Bonchev–Trinajstić information content (AvgIpc) is 2.59. The maximum Gasteiger partial charge on any atom is 0.337 e. The van der Waals surface area contributed by atoms with Crippen LogP contribution in [0.4, 0.5) is 0 Å². The second-order valence-electron chi connectivity index (χ2n) is 8.73. The highest BCUT2D eigenvalue weighted by atomic mass is 16.4. The third-order valence-corrected chi connectivity index (χ3v) is 5.50. The molecule has 1 fully saturated rings. The number of benzene rings is 1. The van der Waals surface area contributed by atoms with Crippen LogP contribution in [0, 0.1) is 0 Å². The van der Waals surface area contributed by atoms with Crippen molar-refractivity contribution in [2.45, 2.75) is 76.2 Å². The van der Waals surface area contributed by atoms with E-state index in [0.29, 0.717) is 0 Å². The highest BCUT2D eigenvalue weighted by Crippen LogP contribution is 2.40. The van der Waals surface area contributed by atoms with Crippen molar-refractivity contribution < 1.29 is 19.8 Å². The van der Waals surface area contributed by atoms with Crippen LogP contribution in [0.2, 0.25) is 0 Å². The summed E-state index contributed by atoms with van der Waals surface area (Å²) >= 11 is 0.